The van der Waals surface area contributed by atoms with Crippen LogP contribution in [0.15, 0.2) is 77.9 Å². The second-order valence-corrected chi connectivity index (χ2v) is 6.24. The molecule has 0 saturated carbocycles. The van der Waals surface area contributed by atoms with E-state index in [1.54, 1.807) is 43.3 Å². The van der Waals surface area contributed by atoms with Crippen molar-refractivity contribution >= 4 is 11.6 Å². The minimum absolute atomic E-state index is 0.184. The van der Waals surface area contributed by atoms with Gasteiger partial charge in [0.25, 0.3) is 5.91 Å². The minimum atomic E-state index is -0.400. The van der Waals surface area contributed by atoms with Crippen LogP contribution in [0.4, 0.5) is 4.39 Å². The van der Waals surface area contributed by atoms with Crippen LogP contribution in [0, 0.1) is 17.1 Å². The van der Waals surface area contributed by atoms with Crippen LogP contribution in [0.1, 0.15) is 18.1 Å². The summed E-state index contributed by atoms with van der Waals surface area (Å²) >= 11 is 0. The molecule has 6 heteroatoms. The third-order valence-corrected chi connectivity index (χ3v) is 4.18. The molecule has 3 rings (SSSR count). The van der Waals surface area contributed by atoms with Crippen molar-refractivity contribution in [2.75, 3.05) is 6.61 Å². The summed E-state index contributed by atoms with van der Waals surface area (Å²) in [6.07, 6.45) is 0. The van der Waals surface area contributed by atoms with Crippen molar-refractivity contribution in [2.24, 2.45) is 5.10 Å². The minimum Gasteiger partial charge on any atom is -0.484 e. The number of hydrogen-bond donors (Lipinski definition) is 1. The number of amides is 1. The lowest BCUT2D eigenvalue weighted by Crippen LogP contribution is -2.25. The highest BCUT2D eigenvalue weighted by Gasteiger charge is 2.04. The van der Waals surface area contributed by atoms with Crippen molar-refractivity contribution in [2.45, 2.75) is 6.92 Å². The summed E-state index contributed by atoms with van der Waals surface area (Å²) in [6.45, 7) is 1.53. The largest absolute Gasteiger partial charge is 0.484 e. The van der Waals surface area contributed by atoms with Gasteiger partial charge in [-0.3, -0.25) is 4.79 Å². The molecule has 0 saturated heterocycles. The van der Waals surface area contributed by atoms with Crippen LogP contribution in [-0.4, -0.2) is 18.2 Å². The molecule has 1 N–H and O–H groups in total. The van der Waals surface area contributed by atoms with E-state index in [1.165, 1.54) is 12.1 Å². The molecular weight excluding hydrogens is 369 g/mol. The van der Waals surface area contributed by atoms with Gasteiger partial charge in [-0.2, -0.15) is 10.4 Å². The van der Waals surface area contributed by atoms with Gasteiger partial charge in [-0.15, -0.1) is 0 Å². The highest BCUT2D eigenvalue weighted by atomic mass is 19.1. The van der Waals surface area contributed by atoms with Gasteiger partial charge in [0.15, 0.2) is 6.61 Å². The fourth-order valence-corrected chi connectivity index (χ4v) is 2.56. The normalized spacial score (nSPS) is 10.9. The predicted octanol–water partition coefficient (Wildman–Crippen LogP) is 4.28. The maximum atomic E-state index is 12.9. The van der Waals surface area contributed by atoms with Gasteiger partial charge >= 0.3 is 0 Å². The summed E-state index contributed by atoms with van der Waals surface area (Å²) in [7, 11) is 0. The maximum Gasteiger partial charge on any atom is 0.277 e. The molecule has 0 spiro atoms. The summed E-state index contributed by atoms with van der Waals surface area (Å²) in [6, 6.07) is 22.5. The number of nitrogens with one attached hydrogen (secondary N) is 1. The van der Waals surface area contributed by atoms with E-state index in [-0.39, 0.29) is 12.4 Å². The summed E-state index contributed by atoms with van der Waals surface area (Å²) < 4.78 is 18.4. The summed E-state index contributed by atoms with van der Waals surface area (Å²) in [4.78, 5) is 11.9. The Morgan fingerprint density at radius 1 is 1.00 bits per heavy atom. The van der Waals surface area contributed by atoms with E-state index >= 15 is 0 Å². The van der Waals surface area contributed by atoms with E-state index in [1.807, 2.05) is 24.3 Å². The number of hydrogen-bond acceptors (Lipinski definition) is 4. The van der Waals surface area contributed by atoms with Gasteiger partial charge in [0.1, 0.15) is 11.6 Å². The van der Waals surface area contributed by atoms with Crippen LogP contribution in [0.3, 0.4) is 0 Å². The van der Waals surface area contributed by atoms with Crippen molar-refractivity contribution in [1.82, 2.24) is 5.43 Å². The van der Waals surface area contributed by atoms with Crippen LogP contribution in [0.2, 0.25) is 0 Å². The molecule has 0 fully saturated rings. The first-order valence-electron chi connectivity index (χ1n) is 8.87. The van der Waals surface area contributed by atoms with Crippen molar-refractivity contribution in [3.63, 3.8) is 0 Å². The number of ether oxygens (including phenoxy) is 1. The zero-order chi connectivity index (χ0) is 20.6. The summed E-state index contributed by atoms with van der Waals surface area (Å²) in [5.41, 5.74) is 6.26. The van der Waals surface area contributed by atoms with Gasteiger partial charge in [0.05, 0.1) is 17.3 Å². The Morgan fingerprint density at radius 3 is 2.17 bits per heavy atom. The fourth-order valence-electron chi connectivity index (χ4n) is 2.56. The number of halogens is 1. The summed E-state index contributed by atoms with van der Waals surface area (Å²) in [5.74, 6) is -0.177. The smallest absolute Gasteiger partial charge is 0.277 e. The lowest BCUT2D eigenvalue weighted by molar-refractivity contribution is -0.123. The van der Waals surface area contributed by atoms with Crippen molar-refractivity contribution in [3.05, 3.63) is 89.7 Å². The zero-order valence-corrected chi connectivity index (χ0v) is 15.7. The van der Waals surface area contributed by atoms with Gasteiger partial charge < -0.3 is 4.74 Å². The first-order valence-corrected chi connectivity index (χ1v) is 8.87. The van der Waals surface area contributed by atoms with Crippen molar-refractivity contribution in [3.8, 4) is 22.9 Å². The molecule has 0 aliphatic rings. The Hall–Kier alpha value is -3.98. The van der Waals surface area contributed by atoms with E-state index in [0.29, 0.717) is 22.6 Å². The molecule has 3 aromatic rings. The second-order valence-electron chi connectivity index (χ2n) is 6.24. The highest BCUT2D eigenvalue weighted by Crippen LogP contribution is 2.22. The van der Waals surface area contributed by atoms with Gasteiger partial charge in [-0.05, 0) is 60.0 Å². The lowest BCUT2D eigenvalue weighted by atomic mass is 10.0. The SMILES string of the molecule is C/C(=N\NC(=O)COc1ccc(-c2ccc(C#N)cc2)cc1)c1ccc(F)cc1. The Morgan fingerprint density at radius 2 is 1.59 bits per heavy atom. The molecule has 0 unspecified atom stereocenters. The lowest BCUT2D eigenvalue weighted by Gasteiger charge is -2.07. The molecule has 0 aliphatic carbocycles. The molecule has 0 bridgehead atoms. The van der Waals surface area contributed by atoms with E-state index in [9.17, 15) is 9.18 Å². The Balaban J connectivity index is 1.52. The Bertz CT molecular complexity index is 1050. The number of carbonyl (C=O) groups excluding carboxylic acids is 1. The Kier molecular flexibility index (Phi) is 6.33. The fraction of sp³-hybridized carbons (Fsp3) is 0.0870. The van der Waals surface area contributed by atoms with E-state index in [2.05, 4.69) is 16.6 Å². The third-order valence-electron chi connectivity index (χ3n) is 4.18. The molecule has 0 radical (unpaired) electrons. The zero-order valence-electron chi connectivity index (χ0n) is 15.7. The second kappa shape index (κ2) is 9.29. The van der Waals surface area contributed by atoms with Crippen LogP contribution in [0.5, 0.6) is 5.75 Å². The number of nitrogens with zero attached hydrogens (tertiary/aromatic N) is 2. The van der Waals surface area contributed by atoms with Crippen LogP contribution in [-0.2, 0) is 4.79 Å². The van der Waals surface area contributed by atoms with Crippen LogP contribution >= 0.6 is 0 Å². The monoisotopic (exact) mass is 387 g/mol. The number of nitriles is 1. The molecule has 29 heavy (non-hydrogen) atoms. The van der Waals surface area contributed by atoms with Gasteiger partial charge in [-0.1, -0.05) is 36.4 Å². The molecule has 0 aliphatic heterocycles. The van der Waals surface area contributed by atoms with E-state index < -0.39 is 5.91 Å². The van der Waals surface area contributed by atoms with Gasteiger partial charge in [0, 0.05) is 0 Å². The summed E-state index contributed by atoms with van der Waals surface area (Å²) in [5, 5.41) is 12.9. The first-order chi connectivity index (χ1) is 14.0. The molecule has 0 heterocycles. The molecule has 5 nitrogen and oxygen atoms in total. The Labute approximate surface area is 168 Å². The number of carbonyl (C=O) groups is 1. The third kappa shape index (κ3) is 5.50. The molecule has 144 valence electrons. The number of rotatable bonds is 6. The molecule has 0 aromatic heterocycles. The van der Waals surface area contributed by atoms with Crippen LogP contribution < -0.4 is 10.2 Å². The average molecular weight is 387 g/mol. The number of benzene rings is 3. The number of hydrazone groups is 1. The van der Waals surface area contributed by atoms with E-state index in [0.717, 1.165) is 11.1 Å². The maximum absolute atomic E-state index is 12.9. The predicted molar refractivity (Wildman–Crippen MR) is 109 cm³/mol. The van der Waals surface area contributed by atoms with Crippen molar-refractivity contribution in [1.29, 1.82) is 5.26 Å². The highest BCUT2D eigenvalue weighted by molar-refractivity contribution is 5.99. The quantitative estimate of drug-likeness (QED) is 0.507. The molecule has 0 atom stereocenters. The van der Waals surface area contributed by atoms with E-state index in [4.69, 9.17) is 10.00 Å². The van der Waals surface area contributed by atoms with Crippen molar-refractivity contribution < 1.29 is 13.9 Å². The molecule has 1 amide bonds. The average Bonchev–Trinajstić information content (AvgIpc) is 2.77. The standard InChI is InChI=1S/C23H18FN3O2/c1-16(18-6-10-21(24)11-7-18)26-27-23(28)15-29-22-12-8-20(9-13-22)19-4-2-17(14-25)3-5-19/h2-13H,15H2,1H3,(H,27,28)/b26-16+. The van der Waals surface area contributed by atoms with Crippen LogP contribution in [0.25, 0.3) is 11.1 Å². The topological polar surface area (TPSA) is 74.5 Å². The van der Waals surface area contributed by atoms with Gasteiger partial charge in [-0.25, -0.2) is 9.82 Å². The molecular formula is C23H18FN3O2. The first kappa shape index (κ1) is 19.8. The molecule has 3 aromatic carbocycles. The van der Waals surface area contributed by atoms with Gasteiger partial charge in [0.2, 0.25) is 0 Å².